The van der Waals surface area contributed by atoms with E-state index in [0.717, 1.165) is 36.0 Å². The zero-order chi connectivity index (χ0) is 19.8. The summed E-state index contributed by atoms with van der Waals surface area (Å²) in [5.41, 5.74) is 3.11. The molecule has 4 nitrogen and oxygen atoms in total. The molecule has 5 heteroatoms. The second-order valence-corrected chi connectivity index (χ2v) is 9.78. The molecule has 1 unspecified atom stereocenters. The first kappa shape index (κ1) is 20.6. The maximum Gasteiger partial charge on any atom is 0.305 e. The minimum atomic E-state index is -2.85. The van der Waals surface area contributed by atoms with Gasteiger partial charge in [0.25, 0.3) is 0 Å². The third kappa shape index (κ3) is 5.43. The van der Waals surface area contributed by atoms with Crippen molar-refractivity contribution in [3.05, 3.63) is 77.9 Å². The normalized spacial score (nSPS) is 21.3. The fraction of sp³-hybridized carbons (Fsp3) is 0.348. The van der Waals surface area contributed by atoms with Gasteiger partial charge in [-0.25, -0.2) is 0 Å². The summed E-state index contributed by atoms with van der Waals surface area (Å²) in [4.78, 5) is 11.3. The Labute approximate surface area is 167 Å². The van der Waals surface area contributed by atoms with Crippen molar-refractivity contribution in [3.8, 4) is 0 Å². The van der Waals surface area contributed by atoms with E-state index in [1.54, 1.807) is 0 Å². The van der Waals surface area contributed by atoms with Crippen molar-refractivity contribution in [3.63, 3.8) is 0 Å². The molecule has 0 bridgehead atoms. The van der Waals surface area contributed by atoms with Crippen molar-refractivity contribution in [2.75, 3.05) is 13.3 Å². The largest absolute Gasteiger partial charge is 0.469 e. The first-order valence-corrected chi connectivity index (χ1v) is 11.6. The van der Waals surface area contributed by atoms with Crippen LogP contribution in [-0.2, 0) is 25.2 Å². The molecule has 1 aliphatic heterocycles. The van der Waals surface area contributed by atoms with Gasteiger partial charge in [-0.3, -0.25) is 9.36 Å². The molecule has 2 atom stereocenters. The highest BCUT2D eigenvalue weighted by Gasteiger charge is 2.39. The molecular formula is C23H27O4P. The highest BCUT2D eigenvalue weighted by molar-refractivity contribution is 7.61. The molecule has 2 aromatic carbocycles. The zero-order valence-electron chi connectivity index (χ0n) is 16.3. The number of methoxy groups -OCH3 is 1. The van der Waals surface area contributed by atoms with Crippen LogP contribution in [-0.4, -0.2) is 24.9 Å². The van der Waals surface area contributed by atoms with Crippen LogP contribution < -0.4 is 0 Å². The van der Waals surface area contributed by atoms with Gasteiger partial charge >= 0.3 is 5.97 Å². The van der Waals surface area contributed by atoms with Crippen LogP contribution in [0.1, 0.15) is 36.8 Å². The quantitative estimate of drug-likeness (QED) is 0.310. The molecule has 0 saturated heterocycles. The Morgan fingerprint density at radius 3 is 2.39 bits per heavy atom. The van der Waals surface area contributed by atoms with Gasteiger partial charge in [0.2, 0.25) is 7.37 Å². The van der Waals surface area contributed by atoms with Crippen LogP contribution in [0.4, 0.5) is 0 Å². The number of hydrogen-bond donors (Lipinski definition) is 0. The van der Waals surface area contributed by atoms with E-state index in [1.807, 2.05) is 60.7 Å². The number of ether oxygens (including phenoxy) is 1. The fourth-order valence-corrected chi connectivity index (χ4v) is 6.13. The molecular weight excluding hydrogens is 371 g/mol. The second kappa shape index (κ2) is 9.86. The minimum absolute atomic E-state index is 0.107. The molecule has 0 radical (unpaired) electrons. The average molecular weight is 398 g/mol. The van der Waals surface area contributed by atoms with Crippen LogP contribution in [0, 0.1) is 0 Å². The van der Waals surface area contributed by atoms with E-state index in [0.29, 0.717) is 19.2 Å². The summed E-state index contributed by atoms with van der Waals surface area (Å²) >= 11 is 0. The molecule has 0 N–H and O–H groups in total. The zero-order valence-corrected chi connectivity index (χ0v) is 17.1. The van der Waals surface area contributed by atoms with E-state index in [2.05, 4.69) is 6.08 Å². The molecule has 3 rings (SSSR count). The molecule has 0 aliphatic carbocycles. The summed E-state index contributed by atoms with van der Waals surface area (Å²) in [7, 11) is -1.44. The van der Waals surface area contributed by atoms with Crippen molar-refractivity contribution < 1.29 is 18.6 Å². The maximum atomic E-state index is 13.7. The molecule has 1 heterocycles. The Bertz CT molecular complexity index is 845. The topological polar surface area (TPSA) is 52.6 Å². The average Bonchev–Trinajstić information content (AvgIpc) is 3.08. The highest BCUT2D eigenvalue weighted by atomic mass is 31.2. The summed E-state index contributed by atoms with van der Waals surface area (Å²) in [6.07, 6.45) is 5.28. The van der Waals surface area contributed by atoms with E-state index in [4.69, 9.17) is 9.26 Å². The van der Waals surface area contributed by atoms with Crippen LogP contribution in [0.2, 0.25) is 0 Å². The summed E-state index contributed by atoms with van der Waals surface area (Å²) in [5.74, 6) is -0.199. The third-order valence-corrected chi connectivity index (χ3v) is 7.85. The van der Waals surface area contributed by atoms with Crippen LogP contribution in [0.15, 0.2) is 66.7 Å². The lowest BCUT2D eigenvalue weighted by Crippen LogP contribution is -2.07. The number of carbonyl (C=O) groups excluding carboxylic acids is 1. The lowest BCUT2D eigenvalue weighted by Gasteiger charge is -2.21. The highest BCUT2D eigenvalue weighted by Crippen LogP contribution is 2.61. The van der Waals surface area contributed by atoms with E-state index in [9.17, 15) is 9.36 Å². The van der Waals surface area contributed by atoms with Gasteiger partial charge < -0.3 is 9.26 Å². The van der Waals surface area contributed by atoms with E-state index in [1.165, 1.54) is 7.11 Å². The first-order valence-electron chi connectivity index (χ1n) is 9.71. The van der Waals surface area contributed by atoms with Crippen molar-refractivity contribution in [1.82, 2.24) is 0 Å². The van der Waals surface area contributed by atoms with Gasteiger partial charge in [0.15, 0.2) is 0 Å². The summed E-state index contributed by atoms with van der Waals surface area (Å²) in [5, 5.41) is 0. The second-order valence-electron chi connectivity index (χ2n) is 7.09. The van der Waals surface area contributed by atoms with Gasteiger partial charge in [0.05, 0.1) is 25.5 Å². The van der Waals surface area contributed by atoms with Crippen molar-refractivity contribution in [1.29, 1.82) is 0 Å². The third-order valence-electron chi connectivity index (χ3n) is 5.09. The lowest BCUT2D eigenvalue weighted by atomic mass is 10.0. The minimum Gasteiger partial charge on any atom is -0.469 e. The van der Waals surface area contributed by atoms with Crippen molar-refractivity contribution in [2.45, 2.75) is 37.9 Å². The van der Waals surface area contributed by atoms with Crippen LogP contribution in [0.3, 0.4) is 0 Å². The number of rotatable bonds is 9. The summed E-state index contributed by atoms with van der Waals surface area (Å²) in [6.45, 7) is 0.354. The SMILES string of the molecule is COC(=O)CCCC[C@H]1C=C(c2ccccc2)CP1(=O)OCc1ccccc1. The van der Waals surface area contributed by atoms with Gasteiger partial charge in [-0.1, -0.05) is 73.2 Å². The first-order chi connectivity index (χ1) is 13.6. The summed E-state index contributed by atoms with van der Waals surface area (Å²) < 4.78 is 24.5. The number of esters is 1. The van der Waals surface area contributed by atoms with Gasteiger partial charge in [-0.2, -0.15) is 0 Å². The predicted octanol–water partition coefficient (Wildman–Crippen LogP) is 5.68. The van der Waals surface area contributed by atoms with Crippen molar-refractivity contribution in [2.24, 2.45) is 0 Å². The molecule has 0 spiro atoms. The fourth-order valence-electron chi connectivity index (χ4n) is 3.50. The lowest BCUT2D eigenvalue weighted by molar-refractivity contribution is -0.140. The Morgan fingerprint density at radius 2 is 1.71 bits per heavy atom. The monoisotopic (exact) mass is 398 g/mol. The Hall–Kier alpha value is -2.16. The van der Waals surface area contributed by atoms with E-state index >= 15 is 0 Å². The number of allylic oxidation sites excluding steroid dienone is 2. The van der Waals surface area contributed by atoms with Gasteiger partial charge in [-0.05, 0) is 29.5 Å². The van der Waals surface area contributed by atoms with Crippen LogP contribution in [0.25, 0.3) is 5.57 Å². The smallest absolute Gasteiger partial charge is 0.305 e. The number of carbonyl (C=O) groups is 1. The molecule has 28 heavy (non-hydrogen) atoms. The predicted molar refractivity (Wildman–Crippen MR) is 112 cm³/mol. The van der Waals surface area contributed by atoms with Crippen LogP contribution >= 0.6 is 7.37 Å². The van der Waals surface area contributed by atoms with Crippen LogP contribution in [0.5, 0.6) is 0 Å². The Kier molecular flexibility index (Phi) is 7.24. The number of benzene rings is 2. The van der Waals surface area contributed by atoms with E-state index < -0.39 is 7.37 Å². The van der Waals surface area contributed by atoms with Gasteiger partial charge in [0, 0.05) is 6.42 Å². The van der Waals surface area contributed by atoms with Gasteiger partial charge in [-0.15, -0.1) is 0 Å². The number of hydrogen-bond acceptors (Lipinski definition) is 4. The molecule has 148 valence electrons. The molecule has 0 fully saturated rings. The maximum absolute atomic E-state index is 13.7. The molecule has 0 amide bonds. The molecule has 1 aliphatic rings. The van der Waals surface area contributed by atoms with Crippen molar-refractivity contribution >= 4 is 18.9 Å². The van der Waals surface area contributed by atoms with E-state index in [-0.39, 0.29) is 11.6 Å². The Balaban J connectivity index is 1.69. The molecule has 2 aromatic rings. The number of unbranched alkanes of at least 4 members (excludes halogenated alkanes) is 1. The molecule has 0 aromatic heterocycles. The van der Waals surface area contributed by atoms with Gasteiger partial charge in [0.1, 0.15) is 0 Å². The Morgan fingerprint density at radius 1 is 1.04 bits per heavy atom. The summed E-state index contributed by atoms with van der Waals surface area (Å²) in [6, 6.07) is 19.9. The standard InChI is InChI=1S/C23H27O4P/c1-26-23(24)15-9-8-14-22-16-21(20-12-6-3-7-13-20)18-28(22,25)27-17-19-10-4-2-5-11-19/h2-7,10-13,16,22H,8-9,14-15,17-18H2,1H3/t22-,28?/m0/s1. The molecule has 0 saturated carbocycles.